The van der Waals surface area contributed by atoms with Gasteiger partial charge in [0.1, 0.15) is 11.2 Å². The molecule has 0 saturated carbocycles. The molecule has 2 heteroatoms. The maximum Gasteiger partial charge on any atom is 0.137 e. The van der Waals surface area contributed by atoms with Crippen LogP contribution in [-0.2, 0) is 0 Å². The summed E-state index contributed by atoms with van der Waals surface area (Å²) in [6, 6.07) is 71.7. The summed E-state index contributed by atoms with van der Waals surface area (Å²) in [7, 11) is 0. The molecule has 0 atom stereocenters. The molecule has 2 nitrogen and oxygen atoms in total. The largest absolute Gasteiger partial charge is 0.456 e. The minimum Gasteiger partial charge on any atom is -0.456 e. The smallest absolute Gasteiger partial charge is 0.137 e. The Balaban J connectivity index is 1.11. The number of para-hydroxylation sites is 1. The number of rotatable bonds is 6. The van der Waals surface area contributed by atoms with Crippen LogP contribution in [0, 0.1) is 0 Å². The molecule has 0 radical (unpaired) electrons. The molecular weight excluding hydrogens is 631 g/mol. The molecule has 0 unspecified atom stereocenters. The van der Waals surface area contributed by atoms with Gasteiger partial charge >= 0.3 is 0 Å². The SMILES string of the molecule is c1ccc(-c2ccc3ccccc3c2-c2ccc(N(c3ccc(-c4cccc5ccccc45)cc3)c3ccc4c(c3)oc3ccccc34)cc2)cc1. The summed E-state index contributed by atoms with van der Waals surface area (Å²) >= 11 is 0. The van der Waals surface area contributed by atoms with E-state index in [9.17, 15) is 0 Å². The third-order valence-electron chi connectivity index (χ3n) is 10.3. The highest BCUT2D eigenvalue weighted by Gasteiger charge is 2.18. The highest BCUT2D eigenvalue weighted by molar-refractivity contribution is 6.07. The predicted molar refractivity (Wildman–Crippen MR) is 220 cm³/mol. The molecule has 10 aromatic rings. The first kappa shape index (κ1) is 30.0. The van der Waals surface area contributed by atoms with E-state index in [0.717, 1.165) is 39.0 Å². The first-order chi connectivity index (χ1) is 25.8. The lowest BCUT2D eigenvalue weighted by Crippen LogP contribution is -2.09. The maximum atomic E-state index is 6.38. The van der Waals surface area contributed by atoms with Crippen LogP contribution in [0.4, 0.5) is 17.1 Å². The van der Waals surface area contributed by atoms with Crippen LogP contribution in [0.15, 0.2) is 205 Å². The Morgan fingerprint density at radius 3 is 1.63 bits per heavy atom. The zero-order valence-electron chi connectivity index (χ0n) is 28.4. The van der Waals surface area contributed by atoms with Crippen LogP contribution >= 0.6 is 0 Å². The molecule has 9 aromatic carbocycles. The van der Waals surface area contributed by atoms with Crippen LogP contribution < -0.4 is 4.90 Å². The van der Waals surface area contributed by atoms with Crippen molar-refractivity contribution in [2.75, 3.05) is 4.90 Å². The maximum absolute atomic E-state index is 6.38. The molecule has 1 heterocycles. The Labute approximate surface area is 302 Å². The standard InChI is InChI=1S/C50H33NO/c1-2-11-35(12-3-1)45-31-25-36-14-5-7-17-44(36)50(45)38-23-28-40(29-24-38)51(41-30-32-47-46-18-8-9-20-48(46)52-49(47)33-41)39-26-21-37(22-27-39)43-19-10-15-34-13-4-6-16-42(34)43/h1-33H. The number of hydrogen-bond donors (Lipinski definition) is 0. The fraction of sp³-hybridized carbons (Fsp3) is 0. The molecule has 0 spiro atoms. The summed E-state index contributed by atoms with van der Waals surface area (Å²) < 4.78 is 6.38. The van der Waals surface area contributed by atoms with E-state index in [0.29, 0.717) is 0 Å². The molecule has 52 heavy (non-hydrogen) atoms. The Hall–Kier alpha value is -6.90. The van der Waals surface area contributed by atoms with Gasteiger partial charge in [-0.1, -0.05) is 152 Å². The van der Waals surface area contributed by atoms with Gasteiger partial charge in [-0.25, -0.2) is 0 Å². The van der Waals surface area contributed by atoms with E-state index in [1.807, 2.05) is 12.1 Å². The number of anilines is 3. The van der Waals surface area contributed by atoms with Gasteiger partial charge in [-0.15, -0.1) is 0 Å². The summed E-state index contributed by atoms with van der Waals surface area (Å²) in [5, 5.41) is 7.21. The Kier molecular flexibility index (Phi) is 7.18. The average molecular weight is 664 g/mol. The Bertz CT molecular complexity index is 2880. The zero-order valence-corrected chi connectivity index (χ0v) is 28.4. The second kappa shape index (κ2) is 12.5. The molecule has 0 bridgehead atoms. The number of nitrogens with zero attached hydrogens (tertiary/aromatic N) is 1. The number of hydrogen-bond acceptors (Lipinski definition) is 2. The van der Waals surface area contributed by atoms with Crippen LogP contribution in [-0.4, -0.2) is 0 Å². The number of fused-ring (bicyclic) bond motifs is 5. The molecule has 0 amide bonds. The fourth-order valence-electron chi connectivity index (χ4n) is 7.79. The van der Waals surface area contributed by atoms with E-state index in [2.05, 4.69) is 193 Å². The summed E-state index contributed by atoms with van der Waals surface area (Å²) in [6.45, 7) is 0. The van der Waals surface area contributed by atoms with Gasteiger partial charge in [-0.05, 0) is 97.4 Å². The molecule has 0 fully saturated rings. The van der Waals surface area contributed by atoms with Gasteiger partial charge < -0.3 is 9.32 Å². The highest BCUT2D eigenvalue weighted by atomic mass is 16.3. The fourth-order valence-corrected chi connectivity index (χ4v) is 7.79. The van der Waals surface area contributed by atoms with Crippen molar-refractivity contribution >= 4 is 60.5 Å². The van der Waals surface area contributed by atoms with Crippen molar-refractivity contribution in [2.45, 2.75) is 0 Å². The van der Waals surface area contributed by atoms with E-state index < -0.39 is 0 Å². The van der Waals surface area contributed by atoms with Gasteiger partial charge in [-0.3, -0.25) is 0 Å². The molecule has 1 aromatic heterocycles. The van der Waals surface area contributed by atoms with Crippen LogP contribution in [0.25, 0.3) is 76.9 Å². The topological polar surface area (TPSA) is 16.4 Å². The van der Waals surface area contributed by atoms with Crippen LogP contribution in [0.2, 0.25) is 0 Å². The molecule has 0 saturated heterocycles. The minimum atomic E-state index is 0.871. The van der Waals surface area contributed by atoms with Crippen molar-refractivity contribution in [3.8, 4) is 33.4 Å². The first-order valence-electron chi connectivity index (χ1n) is 17.8. The molecule has 0 aliphatic heterocycles. The molecule has 0 N–H and O–H groups in total. The lowest BCUT2D eigenvalue weighted by molar-refractivity contribution is 0.669. The van der Waals surface area contributed by atoms with Gasteiger partial charge in [0, 0.05) is 33.9 Å². The lowest BCUT2D eigenvalue weighted by atomic mass is 9.89. The monoisotopic (exact) mass is 663 g/mol. The van der Waals surface area contributed by atoms with Crippen LogP contribution in [0.1, 0.15) is 0 Å². The van der Waals surface area contributed by atoms with E-state index >= 15 is 0 Å². The van der Waals surface area contributed by atoms with Crippen molar-refractivity contribution in [2.24, 2.45) is 0 Å². The Morgan fingerprint density at radius 1 is 0.308 bits per heavy atom. The third kappa shape index (κ3) is 5.12. The van der Waals surface area contributed by atoms with Gasteiger partial charge in [0.05, 0.1) is 0 Å². The first-order valence-corrected chi connectivity index (χ1v) is 17.8. The lowest BCUT2D eigenvalue weighted by Gasteiger charge is -2.26. The van der Waals surface area contributed by atoms with E-state index in [4.69, 9.17) is 4.42 Å². The normalized spacial score (nSPS) is 11.5. The molecule has 10 rings (SSSR count). The molecule has 0 aliphatic carbocycles. The second-order valence-corrected chi connectivity index (χ2v) is 13.3. The average Bonchev–Trinajstić information content (AvgIpc) is 3.59. The molecule has 0 aliphatic rings. The van der Waals surface area contributed by atoms with Crippen molar-refractivity contribution in [1.82, 2.24) is 0 Å². The van der Waals surface area contributed by atoms with Gasteiger partial charge in [0.25, 0.3) is 0 Å². The van der Waals surface area contributed by atoms with Crippen molar-refractivity contribution < 1.29 is 4.42 Å². The summed E-state index contributed by atoms with van der Waals surface area (Å²) in [6.07, 6.45) is 0. The van der Waals surface area contributed by atoms with Gasteiger partial charge in [0.15, 0.2) is 0 Å². The molecular formula is C50H33NO. The summed E-state index contributed by atoms with van der Waals surface area (Å²) in [5.41, 5.74) is 12.2. The van der Waals surface area contributed by atoms with E-state index in [-0.39, 0.29) is 0 Å². The second-order valence-electron chi connectivity index (χ2n) is 13.3. The van der Waals surface area contributed by atoms with Crippen LogP contribution in [0.3, 0.4) is 0 Å². The summed E-state index contributed by atoms with van der Waals surface area (Å²) in [4.78, 5) is 2.32. The number of benzene rings is 9. The van der Waals surface area contributed by atoms with Crippen molar-refractivity contribution in [3.63, 3.8) is 0 Å². The van der Waals surface area contributed by atoms with Gasteiger partial charge in [0.2, 0.25) is 0 Å². The summed E-state index contributed by atoms with van der Waals surface area (Å²) in [5.74, 6) is 0. The third-order valence-corrected chi connectivity index (χ3v) is 10.3. The Morgan fingerprint density at radius 2 is 0.865 bits per heavy atom. The zero-order chi connectivity index (χ0) is 34.4. The van der Waals surface area contributed by atoms with E-state index in [1.54, 1.807) is 0 Å². The van der Waals surface area contributed by atoms with Crippen LogP contribution in [0.5, 0.6) is 0 Å². The quantitative estimate of drug-likeness (QED) is 0.176. The predicted octanol–water partition coefficient (Wildman–Crippen LogP) is 14.4. The highest BCUT2D eigenvalue weighted by Crippen LogP contribution is 2.42. The van der Waals surface area contributed by atoms with Gasteiger partial charge in [-0.2, -0.15) is 0 Å². The number of furan rings is 1. The van der Waals surface area contributed by atoms with E-state index in [1.165, 1.54) is 54.9 Å². The molecule has 244 valence electrons. The van der Waals surface area contributed by atoms with Crippen molar-refractivity contribution in [3.05, 3.63) is 200 Å². The minimum absolute atomic E-state index is 0.871. The van der Waals surface area contributed by atoms with Crippen molar-refractivity contribution in [1.29, 1.82) is 0 Å².